The lowest BCUT2D eigenvalue weighted by Crippen LogP contribution is -2.29. The van der Waals surface area contributed by atoms with E-state index in [4.69, 9.17) is 0 Å². The van der Waals surface area contributed by atoms with Gasteiger partial charge in [0.15, 0.2) is 0 Å². The number of rotatable bonds is 5. The first-order valence-electron chi connectivity index (χ1n) is 6.11. The maximum absolute atomic E-state index is 12.1. The minimum atomic E-state index is -0.00291. The van der Waals surface area contributed by atoms with Crippen LogP contribution in [0.5, 0.6) is 5.75 Å². The van der Waals surface area contributed by atoms with Gasteiger partial charge in [0.05, 0.1) is 0 Å². The van der Waals surface area contributed by atoms with Crippen LogP contribution in [0.2, 0.25) is 0 Å². The number of hydrogen-bond donors (Lipinski definition) is 1. The molecule has 100 valence electrons. The van der Waals surface area contributed by atoms with Crippen LogP contribution in [0.3, 0.4) is 0 Å². The van der Waals surface area contributed by atoms with Crippen LogP contribution in [0.4, 0.5) is 0 Å². The molecule has 0 atom stereocenters. The van der Waals surface area contributed by atoms with Crippen molar-refractivity contribution >= 4 is 5.91 Å². The van der Waals surface area contributed by atoms with Crippen molar-refractivity contribution in [1.82, 2.24) is 9.80 Å². The summed E-state index contributed by atoms with van der Waals surface area (Å²) in [5, 5.41) is 9.44. The Kier molecular flexibility index (Phi) is 5.16. The second-order valence-corrected chi connectivity index (χ2v) is 4.88. The van der Waals surface area contributed by atoms with E-state index in [9.17, 15) is 9.90 Å². The number of phenolic OH excluding ortho intramolecular Hbond substituents is 1. The van der Waals surface area contributed by atoms with E-state index < -0.39 is 0 Å². The van der Waals surface area contributed by atoms with Gasteiger partial charge in [-0.2, -0.15) is 0 Å². The number of carbonyl (C=O) groups is 1. The highest BCUT2D eigenvalue weighted by atomic mass is 16.3. The van der Waals surface area contributed by atoms with Crippen molar-refractivity contribution in [3.05, 3.63) is 29.3 Å². The zero-order valence-electron chi connectivity index (χ0n) is 11.6. The molecule has 0 unspecified atom stereocenters. The van der Waals surface area contributed by atoms with Gasteiger partial charge in [-0.05, 0) is 57.7 Å². The molecular weight excluding hydrogens is 228 g/mol. The number of benzene rings is 1. The highest BCUT2D eigenvalue weighted by molar-refractivity contribution is 5.94. The summed E-state index contributed by atoms with van der Waals surface area (Å²) in [6.07, 6.45) is 0.951. The predicted molar refractivity (Wildman–Crippen MR) is 73.0 cm³/mol. The molecule has 1 aromatic carbocycles. The fourth-order valence-corrected chi connectivity index (χ4v) is 1.73. The van der Waals surface area contributed by atoms with Crippen molar-refractivity contribution in [1.29, 1.82) is 0 Å². The van der Waals surface area contributed by atoms with Crippen molar-refractivity contribution in [3.8, 4) is 5.75 Å². The number of phenols is 1. The second-order valence-electron chi connectivity index (χ2n) is 4.88. The van der Waals surface area contributed by atoms with Crippen LogP contribution in [-0.2, 0) is 0 Å². The lowest BCUT2D eigenvalue weighted by Gasteiger charge is -2.19. The first-order valence-corrected chi connectivity index (χ1v) is 6.11. The van der Waals surface area contributed by atoms with Gasteiger partial charge in [0, 0.05) is 19.2 Å². The minimum Gasteiger partial charge on any atom is -0.508 e. The molecule has 1 amide bonds. The van der Waals surface area contributed by atoms with Gasteiger partial charge in [-0.15, -0.1) is 0 Å². The molecule has 0 spiro atoms. The molecule has 0 aromatic heterocycles. The molecular formula is C14H22N2O2. The van der Waals surface area contributed by atoms with Crippen LogP contribution in [0.25, 0.3) is 0 Å². The van der Waals surface area contributed by atoms with Crippen molar-refractivity contribution in [2.75, 3.05) is 34.2 Å². The molecule has 4 heteroatoms. The van der Waals surface area contributed by atoms with Gasteiger partial charge in [0.1, 0.15) is 5.75 Å². The topological polar surface area (TPSA) is 43.8 Å². The minimum absolute atomic E-state index is 0.00291. The molecule has 1 N–H and O–H groups in total. The van der Waals surface area contributed by atoms with Crippen molar-refractivity contribution in [3.63, 3.8) is 0 Å². The summed E-state index contributed by atoms with van der Waals surface area (Å²) in [7, 11) is 5.84. The first kappa shape index (κ1) is 14.5. The fraction of sp³-hybridized carbons (Fsp3) is 0.500. The molecule has 0 bridgehead atoms. The molecule has 18 heavy (non-hydrogen) atoms. The van der Waals surface area contributed by atoms with Gasteiger partial charge in [-0.1, -0.05) is 0 Å². The number of aryl methyl sites for hydroxylation is 1. The second kappa shape index (κ2) is 6.40. The summed E-state index contributed by atoms with van der Waals surface area (Å²) in [6.45, 7) is 3.49. The van der Waals surface area contributed by atoms with Crippen LogP contribution < -0.4 is 0 Å². The molecule has 4 nitrogen and oxygen atoms in total. The molecule has 0 fully saturated rings. The number of nitrogens with zero attached hydrogens (tertiary/aromatic N) is 2. The average Bonchev–Trinajstić information content (AvgIpc) is 2.31. The SMILES string of the molecule is Cc1cc(C(=O)N(C)CCCN(C)C)ccc1O. The van der Waals surface area contributed by atoms with E-state index in [2.05, 4.69) is 4.90 Å². The van der Waals surface area contributed by atoms with Crippen LogP contribution in [-0.4, -0.2) is 55.0 Å². The van der Waals surface area contributed by atoms with Crippen molar-refractivity contribution < 1.29 is 9.90 Å². The third-order valence-corrected chi connectivity index (χ3v) is 2.89. The first-order chi connectivity index (χ1) is 8.41. The van der Waals surface area contributed by atoms with Gasteiger partial charge in [0.25, 0.3) is 5.91 Å². The van der Waals surface area contributed by atoms with Gasteiger partial charge >= 0.3 is 0 Å². The monoisotopic (exact) mass is 250 g/mol. The van der Waals surface area contributed by atoms with E-state index >= 15 is 0 Å². The third-order valence-electron chi connectivity index (χ3n) is 2.89. The van der Waals surface area contributed by atoms with Gasteiger partial charge in [-0.3, -0.25) is 4.79 Å². The Morgan fingerprint density at radius 3 is 2.44 bits per heavy atom. The highest BCUT2D eigenvalue weighted by Crippen LogP contribution is 2.17. The molecule has 0 aliphatic heterocycles. The molecule has 1 rings (SSSR count). The van der Waals surface area contributed by atoms with Gasteiger partial charge in [0.2, 0.25) is 0 Å². The summed E-state index contributed by atoms with van der Waals surface area (Å²) >= 11 is 0. The summed E-state index contributed by atoms with van der Waals surface area (Å²) in [4.78, 5) is 15.9. The molecule has 0 aliphatic carbocycles. The molecule has 1 aromatic rings. The van der Waals surface area contributed by atoms with Crippen LogP contribution in [0.1, 0.15) is 22.3 Å². The fourth-order valence-electron chi connectivity index (χ4n) is 1.73. The third kappa shape index (κ3) is 4.04. The molecule has 0 saturated carbocycles. The quantitative estimate of drug-likeness (QED) is 0.865. The Morgan fingerprint density at radius 1 is 1.22 bits per heavy atom. The van der Waals surface area contributed by atoms with Crippen LogP contribution >= 0.6 is 0 Å². The number of amides is 1. The maximum Gasteiger partial charge on any atom is 0.253 e. The Morgan fingerprint density at radius 2 is 1.89 bits per heavy atom. The molecule has 0 radical (unpaired) electrons. The van der Waals surface area contributed by atoms with E-state index in [0.29, 0.717) is 5.56 Å². The van der Waals surface area contributed by atoms with E-state index in [-0.39, 0.29) is 11.7 Å². The lowest BCUT2D eigenvalue weighted by atomic mass is 10.1. The normalized spacial score (nSPS) is 10.7. The van der Waals surface area contributed by atoms with Gasteiger partial charge in [-0.25, -0.2) is 0 Å². The molecule has 0 aliphatic rings. The number of hydrogen-bond acceptors (Lipinski definition) is 3. The predicted octanol–water partition coefficient (Wildman–Crippen LogP) is 1.72. The average molecular weight is 250 g/mol. The Balaban J connectivity index is 2.60. The van der Waals surface area contributed by atoms with Gasteiger partial charge < -0.3 is 14.9 Å². The molecule has 0 saturated heterocycles. The largest absolute Gasteiger partial charge is 0.508 e. The summed E-state index contributed by atoms with van der Waals surface area (Å²) in [5.41, 5.74) is 1.35. The van der Waals surface area contributed by atoms with Crippen LogP contribution in [0.15, 0.2) is 18.2 Å². The standard InChI is InChI=1S/C14H22N2O2/c1-11-10-12(6-7-13(11)17)14(18)16(4)9-5-8-15(2)3/h6-7,10,17H,5,8-9H2,1-4H3. The van der Waals surface area contributed by atoms with Crippen molar-refractivity contribution in [2.45, 2.75) is 13.3 Å². The lowest BCUT2D eigenvalue weighted by molar-refractivity contribution is 0.0790. The Bertz CT molecular complexity index is 416. The van der Waals surface area contributed by atoms with E-state index in [1.807, 2.05) is 14.1 Å². The van der Waals surface area contributed by atoms with E-state index in [1.165, 1.54) is 0 Å². The summed E-state index contributed by atoms with van der Waals surface area (Å²) in [6, 6.07) is 4.95. The Labute approximate surface area is 109 Å². The summed E-state index contributed by atoms with van der Waals surface area (Å²) in [5.74, 6) is 0.221. The summed E-state index contributed by atoms with van der Waals surface area (Å²) < 4.78 is 0. The smallest absolute Gasteiger partial charge is 0.253 e. The Hall–Kier alpha value is -1.55. The maximum atomic E-state index is 12.1. The van der Waals surface area contributed by atoms with E-state index in [1.54, 1.807) is 37.1 Å². The highest BCUT2D eigenvalue weighted by Gasteiger charge is 2.12. The van der Waals surface area contributed by atoms with Crippen LogP contribution in [0, 0.1) is 6.92 Å². The van der Waals surface area contributed by atoms with E-state index in [0.717, 1.165) is 25.1 Å². The zero-order chi connectivity index (χ0) is 13.7. The number of aromatic hydroxyl groups is 1. The zero-order valence-corrected chi connectivity index (χ0v) is 11.6. The van der Waals surface area contributed by atoms with Crippen molar-refractivity contribution in [2.24, 2.45) is 0 Å². The number of carbonyl (C=O) groups excluding carboxylic acids is 1. The molecule has 0 heterocycles.